The lowest BCUT2D eigenvalue weighted by atomic mass is 10.0. The van der Waals surface area contributed by atoms with Crippen molar-refractivity contribution in [3.63, 3.8) is 0 Å². The molecular formula is C15H20ClN3O3S. The van der Waals surface area contributed by atoms with Gasteiger partial charge in [-0.25, -0.2) is 4.98 Å². The maximum Gasteiger partial charge on any atom is 0.229 e. The number of thiazole rings is 1. The molecule has 0 aromatic carbocycles. The monoisotopic (exact) mass is 357 g/mol. The minimum Gasteiger partial charge on any atom is -0.381 e. The summed E-state index contributed by atoms with van der Waals surface area (Å²) in [5.74, 6) is 0.161. The van der Waals surface area contributed by atoms with Crippen molar-refractivity contribution in [2.75, 3.05) is 31.6 Å². The van der Waals surface area contributed by atoms with Crippen LogP contribution in [0.25, 0.3) is 0 Å². The van der Waals surface area contributed by atoms with Crippen molar-refractivity contribution < 1.29 is 14.3 Å². The smallest absolute Gasteiger partial charge is 0.229 e. The van der Waals surface area contributed by atoms with Crippen LogP contribution in [-0.4, -0.2) is 43.0 Å². The van der Waals surface area contributed by atoms with E-state index in [1.807, 2.05) is 0 Å². The number of carbonyl (C=O) groups is 2. The zero-order valence-corrected chi connectivity index (χ0v) is 14.3. The maximum atomic E-state index is 12.3. The molecule has 3 heterocycles. The molecule has 2 aliphatic heterocycles. The van der Waals surface area contributed by atoms with Crippen molar-refractivity contribution in [3.8, 4) is 0 Å². The summed E-state index contributed by atoms with van der Waals surface area (Å²) in [5, 5.41) is 6.73. The number of halogens is 1. The number of Topliss-reactive ketones (excluding diaryl/α,β-unsaturated/α-hetero) is 1. The van der Waals surface area contributed by atoms with Gasteiger partial charge in [-0.15, -0.1) is 12.4 Å². The summed E-state index contributed by atoms with van der Waals surface area (Å²) in [4.78, 5) is 29.4. The molecule has 2 N–H and O–H groups in total. The second-order valence-corrected chi connectivity index (χ2v) is 7.52. The number of ether oxygens (including phenoxy) is 1. The Bertz CT molecular complexity index is 609. The van der Waals surface area contributed by atoms with Gasteiger partial charge in [-0.1, -0.05) is 11.3 Å². The Kier molecular flexibility index (Phi) is 4.73. The second kappa shape index (κ2) is 6.47. The van der Waals surface area contributed by atoms with Crippen molar-refractivity contribution >= 4 is 40.6 Å². The third-order valence-corrected chi connectivity index (χ3v) is 5.99. The van der Waals surface area contributed by atoms with E-state index in [1.165, 1.54) is 11.3 Å². The fourth-order valence-corrected chi connectivity index (χ4v) is 4.37. The third kappa shape index (κ3) is 3.15. The van der Waals surface area contributed by atoms with Gasteiger partial charge in [-0.3, -0.25) is 9.59 Å². The molecule has 1 aromatic heterocycles. The number of aromatic nitrogens is 1. The van der Waals surface area contributed by atoms with Gasteiger partial charge in [-0.2, -0.15) is 0 Å². The van der Waals surface area contributed by atoms with Crippen molar-refractivity contribution in [3.05, 3.63) is 11.1 Å². The highest BCUT2D eigenvalue weighted by molar-refractivity contribution is 7.17. The number of anilines is 1. The standard InChI is InChI=1S/C15H19N3O3S.ClH/c19-12(9-1-4-21-7-9)11-6-17-14(22-11)18-13(20)10-5-15(10)2-3-16-8-15;/h6,9-10,16H,1-5,7-8H2,(H,17,18,20);1H. The fourth-order valence-electron chi connectivity index (χ4n) is 3.53. The Morgan fingerprint density at radius 2 is 2.35 bits per heavy atom. The Hall–Kier alpha value is -1.02. The zero-order valence-electron chi connectivity index (χ0n) is 12.7. The molecule has 0 bridgehead atoms. The number of ketones is 1. The molecular weight excluding hydrogens is 338 g/mol. The highest BCUT2D eigenvalue weighted by Gasteiger charge is 2.59. The van der Waals surface area contributed by atoms with Crippen LogP contribution >= 0.6 is 23.7 Å². The molecule has 2 saturated heterocycles. The number of hydrogen-bond acceptors (Lipinski definition) is 6. The highest BCUT2D eigenvalue weighted by Crippen LogP contribution is 2.56. The molecule has 3 aliphatic rings. The van der Waals surface area contributed by atoms with Crippen molar-refractivity contribution in [2.45, 2.75) is 19.3 Å². The number of rotatable bonds is 4. The SMILES string of the molecule is Cl.O=C(c1cnc(NC(=O)C2CC23CCNC3)s1)C1CCOC1. The molecule has 6 nitrogen and oxygen atoms in total. The van der Waals surface area contributed by atoms with Crippen molar-refractivity contribution in [2.24, 2.45) is 17.3 Å². The average Bonchev–Trinajstić information content (AvgIpc) is 2.98. The van der Waals surface area contributed by atoms with Gasteiger partial charge in [0.25, 0.3) is 0 Å². The first-order valence-electron chi connectivity index (χ1n) is 7.77. The van der Waals surface area contributed by atoms with Gasteiger partial charge in [0.05, 0.1) is 17.7 Å². The lowest BCUT2D eigenvalue weighted by Crippen LogP contribution is -2.20. The summed E-state index contributed by atoms with van der Waals surface area (Å²) < 4.78 is 5.25. The number of hydrogen-bond donors (Lipinski definition) is 2. The first kappa shape index (κ1) is 16.8. The van der Waals surface area contributed by atoms with Crippen LogP contribution < -0.4 is 10.6 Å². The normalized spacial score (nSPS) is 31.8. The fraction of sp³-hybridized carbons (Fsp3) is 0.667. The molecule has 1 amide bonds. The Labute approximate surface area is 144 Å². The third-order valence-electron chi connectivity index (χ3n) is 5.06. The number of carbonyl (C=O) groups excluding carboxylic acids is 2. The van der Waals surface area contributed by atoms with Crippen LogP contribution in [0.15, 0.2) is 6.20 Å². The molecule has 4 rings (SSSR count). The zero-order chi connectivity index (χ0) is 15.2. The van der Waals surface area contributed by atoms with Gasteiger partial charge in [0.1, 0.15) is 0 Å². The van der Waals surface area contributed by atoms with Crippen LogP contribution in [0.5, 0.6) is 0 Å². The molecule has 8 heteroatoms. The van der Waals surface area contributed by atoms with Gasteiger partial charge in [0.2, 0.25) is 5.91 Å². The van der Waals surface area contributed by atoms with Crippen molar-refractivity contribution in [1.82, 2.24) is 10.3 Å². The second-order valence-electron chi connectivity index (χ2n) is 6.49. The van der Waals surface area contributed by atoms with E-state index in [9.17, 15) is 9.59 Å². The Balaban J connectivity index is 0.00000156. The highest BCUT2D eigenvalue weighted by atomic mass is 35.5. The molecule has 1 saturated carbocycles. The van der Waals surface area contributed by atoms with Crippen LogP contribution in [0.4, 0.5) is 5.13 Å². The van der Waals surface area contributed by atoms with Gasteiger partial charge in [-0.05, 0) is 31.2 Å². The van der Waals surface area contributed by atoms with Gasteiger partial charge >= 0.3 is 0 Å². The minimum absolute atomic E-state index is 0. The summed E-state index contributed by atoms with van der Waals surface area (Å²) in [6.45, 7) is 3.09. The predicted molar refractivity (Wildman–Crippen MR) is 89.3 cm³/mol. The van der Waals surface area contributed by atoms with Gasteiger partial charge in [0.15, 0.2) is 10.9 Å². The van der Waals surface area contributed by atoms with E-state index in [4.69, 9.17) is 4.74 Å². The summed E-state index contributed by atoms with van der Waals surface area (Å²) in [7, 11) is 0. The van der Waals surface area contributed by atoms with Crippen LogP contribution in [0.2, 0.25) is 0 Å². The minimum atomic E-state index is -0.0553. The number of amides is 1. The van der Waals surface area contributed by atoms with E-state index in [0.29, 0.717) is 23.2 Å². The number of nitrogens with one attached hydrogen (secondary N) is 2. The molecule has 3 unspecified atom stereocenters. The molecule has 3 atom stereocenters. The Morgan fingerprint density at radius 1 is 1.48 bits per heavy atom. The molecule has 0 radical (unpaired) electrons. The number of nitrogens with zero attached hydrogens (tertiary/aromatic N) is 1. The van der Waals surface area contributed by atoms with Crippen LogP contribution in [-0.2, 0) is 9.53 Å². The molecule has 1 spiro atoms. The van der Waals surface area contributed by atoms with Gasteiger partial charge < -0.3 is 15.4 Å². The largest absolute Gasteiger partial charge is 0.381 e. The van der Waals surface area contributed by atoms with E-state index < -0.39 is 0 Å². The van der Waals surface area contributed by atoms with E-state index >= 15 is 0 Å². The molecule has 1 aromatic rings. The van der Waals surface area contributed by atoms with E-state index in [1.54, 1.807) is 6.20 Å². The Morgan fingerprint density at radius 3 is 3.04 bits per heavy atom. The average molecular weight is 358 g/mol. The molecule has 1 aliphatic carbocycles. The summed E-state index contributed by atoms with van der Waals surface area (Å²) in [6.07, 6.45) is 4.38. The topological polar surface area (TPSA) is 80.3 Å². The van der Waals surface area contributed by atoms with Gasteiger partial charge in [0, 0.05) is 25.0 Å². The first-order chi connectivity index (χ1) is 10.7. The predicted octanol–water partition coefficient (Wildman–Crippen LogP) is 1.72. The molecule has 23 heavy (non-hydrogen) atoms. The van der Waals surface area contributed by atoms with Crippen LogP contribution in [0, 0.1) is 17.3 Å². The maximum absolute atomic E-state index is 12.3. The summed E-state index contributed by atoms with van der Waals surface area (Å²) in [6, 6.07) is 0. The summed E-state index contributed by atoms with van der Waals surface area (Å²) in [5.41, 5.74) is 0.182. The lowest BCUT2D eigenvalue weighted by molar-refractivity contribution is -0.118. The van der Waals surface area contributed by atoms with E-state index in [0.717, 1.165) is 32.4 Å². The van der Waals surface area contributed by atoms with E-state index in [-0.39, 0.29) is 41.3 Å². The quantitative estimate of drug-likeness (QED) is 0.802. The van der Waals surface area contributed by atoms with E-state index in [2.05, 4.69) is 15.6 Å². The lowest BCUT2D eigenvalue weighted by Gasteiger charge is -2.06. The summed E-state index contributed by atoms with van der Waals surface area (Å²) >= 11 is 1.27. The van der Waals surface area contributed by atoms with Crippen LogP contribution in [0.1, 0.15) is 28.9 Å². The molecule has 3 fully saturated rings. The molecule has 126 valence electrons. The van der Waals surface area contributed by atoms with Crippen molar-refractivity contribution in [1.29, 1.82) is 0 Å². The van der Waals surface area contributed by atoms with Crippen LogP contribution in [0.3, 0.4) is 0 Å². The first-order valence-corrected chi connectivity index (χ1v) is 8.59.